The van der Waals surface area contributed by atoms with Gasteiger partial charge in [0, 0.05) is 18.3 Å². The summed E-state index contributed by atoms with van der Waals surface area (Å²) in [7, 11) is 3.26. The molecule has 0 unspecified atom stereocenters. The van der Waals surface area contributed by atoms with E-state index in [1.807, 2.05) is 56.3 Å². The fraction of sp³-hybridized carbons (Fsp3) is 0.350. The highest BCUT2D eigenvalue weighted by molar-refractivity contribution is 7.80. The number of hydrogen-bond acceptors (Lipinski definition) is 4. The van der Waals surface area contributed by atoms with E-state index < -0.39 is 0 Å². The summed E-state index contributed by atoms with van der Waals surface area (Å²) < 4.78 is 16.3. The number of anilines is 1. The Labute approximate surface area is 160 Å². The van der Waals surface area contributed by atoms with E-state index in [0.717, 1.165) is 34.9 Å². The molecule has 0 aromatic heterocycles. The summed E-state index contributed by atoms with van der Waals surface area (Å²) in [5.74, 6) is 2.27. The van der Waals surface area contributed by atoms with Gasteiger partial charge in [0.15, 0.2) is 16.6 Å². The minimum Gasteiger partial charge on any atom is -0.493 e. The Balaban J connectivity index is 1.84. The zero-order valence-electron chi connectivity index (χ0n) is 15.7. The van der Waals surface area contributed by atoms with Crippen molar-refractivity contribution in [3.8, 4) is 17.2 Å². The molecule has 0 radical (unpaired) electrons. The SMILES string of the molecule is COc1ccc(CCNC(=S)Nc2cccc(OC(C)C)c2)cc1OC. The predicted octanol–water partition coefficient (Wildman–Crippen LogP) is 4.02. The van der Waals surface area contributed by atoms with Gasteiger partial charge < -0.3 is 24.8 Å². The molecule has 0 heterocycles. The smallest absolute Gasteiger partial charge is 0.170 e. The second-order valence-corrected chi connectivity index (χ2v) is 6.42. The van der Waals surface area contributed by atoms with Gasteiger partial charge in [-0.05, 0) is 62.3 Å². The van der Waals surface area contributed by atoms with Gasteiger partial charge in [-0.1, -0.05) is 12.1 Å². The van der Waals surface area contributed by atoms with E-state index in [1.54, 1.807) is 14.2 Å². The average molecular weight is 375 g/mol. The molecule has 140 valence electrons. The number of thiocarbonyl (C=S) groups is 1. The van der Waals surface area contributed by atoms with Crippen LogP contribution in [0.1, 0.15) is 19.4 Å². The minimum absolute atomic E-state index is 0.136. The van der Waals surface area contributed by atoms with Crippen molar-refractivity contribution in [2.75, 3.05) is 26.1 Å². The molecule has 2 aromatic rings. The first-order valence-corrected chi connectivity index (χ1v) is 8.95. The lowest BCUT2D eigenvalue weighted by molar-refractivity contribution is 0.242. The monoisotopic (exact) mass is 374 g/mol. The van der Waals surface area contributed by atoms with Gasteiger partial charge in [0.25, 0.3) is 0 Å². The summed E-state index contributed by atoms with van der Waals surface area (Å²) in [4.78, 5) is 0. The van der Waals surface area contributed by atoms with Crippen molar-refractivity contribution in [2.45, 2.75) is 26.4 Å². The fourth-order valence-corrected chi connectivity index (χ4v) is 2.67. The van der Waals surface area contributed by atoms with Crippen LogP contribution in [0.4, 0.5) is 5.69 Å². The standard InChI is InChI=1S/C20H26N2O3S/c1-14(2)25-17-7-5-6-16(13-17)22-20(26)21-11-10-15-8-9-18(23-3)19(12-15)24-4/h5-9,12-14H,10-11H2,1-4H3,(H2,21,22,26). The molecule has 0 aliphatic rings. The molecular weight excluding hydrogens is 348 g/mol. The predicted molar refractivity (Wildman–Crippen MR) is 110 cm³/mol. The third-order valence-corrected chi connectivity index (χ3v) is 3.86. The summed E-state index contributed by atoms with van der Waals surface area (Å²) >= 11 is 5.36. The van der Waals surface area contributed by atoms with E-state index >= 15 is 0 Å². The van der Waals surface area contributed by atoms with Crippen LogP contribution in [0.25, 0.3) is 0 Å². The van der Waals surface area contributed by atoms with E-state index in [9.17, 15) is 0 Å². The Morgan fingerprint density at radius 1 is 1.04 bits per heavy atom. The molecule has 5 nitrogen and oxygen atoms in total. The van der Waals surface area contributed by atoms with E-state index in [-0.39, 0.29) is 6.10 Å². The zero-order chi connectivity index (χ0) is 18.9. The second kappa shape index (κ2) is 9.87. The molecule has 2 N–H and O–H groups in total. The summed E-state index contributed by atoms with van der Waals surface area (Å²) in [5, 5.41) is 6.97. The summed E-state index contributed by atoms with van der Waals surface area (Å²) in [6, 6.07) is 13.7. The number of nitrogens with one attached hydrogen (secondary N) is 2. The van der Waals surface area contributed by atoms with Crippen LogP contribution < -0.4 is 24.8 Å². The molecule has 0 fully saturated rings. The van der Waals surface area contributed by atoms with Crippen LogP contribution in [0, 0.1) is 0 Å². The molecule has 0 bridgehead atoms. The number of benzene rings is 2. The van der Waals surface area contributed by atoms with E-state index in [0.29, 0.717) is 11.7 Å². The molecule has 6 heteroatoms. The highest BCUT2D eigenvalue weighted by atomic mass is 32.1. The normalized spacial score (nSPS) is 10.3. The fourth-order valence-electron chi connectivity index (χ4n) is 2.45. The maximum atomic E-state index is 5.69. The highest BCUT2D eigenvalue weighted by Gasteiger charge is 2.05. The highest BCUT2D eigenvalue weighted by Crippen LogP contribution is 2.27. The molecule has 2 aromatic carbocycles. The molecule has 0 aliphatic heterocycles. The summed E-state index contributed by atoms with van der Waals surface area (Å²) in [6.07, 6.45) is 0.954. The third kappa shape index (κ3) is 6.11. The van der Waals surface area contributed by atoms with Crippen molar-refractivity contribution in [1.82, 2.24) is 5.32 Å². The molecule has 0 amide bonds. The molecule has 0 saturated heterocycles. The summed E-state index contributed by atoms with van der Waals surface area (Å²) in [6.45, 7) is 4.71. The largest absolute Gasteiger partial charge is 0.493 e. The molecule has 0 saturated carbocycles. The topological polar surface area (TPSA) is 51.8 Å². The lowest BCUT2D eigenvalue weighted by Gasteiger charge is -2.14. The summed E-state index contributed by atoms with van der Waals surface area (Å²) in [5.41, 5.74) is 2.04. The van der Waals surface area contributed by atoms with Gasteiger partial charge in [0.2, 0.25) is 0 Å². The van der Waals surface area contributed by atoms with Gasteiger partial charge in [-0.2, -0.15) is 0 Å². The van der Waals surface area contributed by atoms with Crippen molar-refractivity contribution >= 4 is 23.0 Å². The Hall–Kier alpha value is -2.47. The van der Waals surface area contributed by atoms with Crippen LogP contribution in [0.15, 0.2) is 42.5 Å². The van der Waals surface area contributed by atoms with E-state index in [4.69, 9.17) is 26.4 Å². The van der Waals surface area contributed by atoms with Gasteiger partial charge in [-0.15, -0.1) is 0 Å². The maximum absolute atomic E-state index is 5.69. The van der Waals surface area contributed by atoms with Crippen molar-refractivity contribution < 1.29 is 14.2 Å². The first-order chi connectivity index (χ1) is 12.5. The van der Waals surface area contributed by atoms with Crippen LogP contribution in [0.3, 0.4) is 0 Å². The number of methoxy groups -OCH3 is 2. The van der Waals surface area contributed by atoms with Crippen LogP contribution >= 0.6 is 12.2 Å². The van der Waals surface area contributed by atoms with Crippen LogP contribution in [0.2, 0.25) is 0 Å². The average Bonchev–Trinajstić information content (AvgIpc) is 2.61. The second-order valence-electron chi connectivity index (χ2n) is 6.01. The van der Waals surface area contributed by atoms with Crippen LogP contribution in [-0.4, -0.2) is 32.0 Å². The lowest BCUT2D eigenvalue weighted by Crippen LogP contribution is -2.30. The molecule has 2 rings (SSSR count). The Morgan fingerprint density at radius 3 is 2.50 bits per heavy atom. The first kappa shape index (κ1) is 19.8. The molecule has 0 aliphatic carbocycles. The molecule has 0 spiro atoms. The number of hydrogen-bond donors (Lipinski definition) is 2. The van der Waals surface area contributed by atoms with Crippen LogP contribution in [-0.2, 0) is 6.42 Å². The maximum Gasteiger partial charge on any atom is 0.170 e. The van der Waals surface area contributed by atoms with Crippen molar-refractivity contribution in [3.05, 3.63) is 48.0 Å². The van der Waals surface area contributed by atoms with Crippen molar-refractivity contribution in [2.24, 2.45) is 0 Å². The van der Waals surface area contributed by atoms with Gasteiger partial charge in [-0.3, -0.25) is 0 Å². The van der Waals surface area contributed by atoms with Gasteiger partial charge >= 0.3 is 0 Å². The lowest BCUT2D eigenvalue weighted by atomic mass is 10.1. The van der Waals surface area contributed by atoms with Crippen LogP contribution in [0.5, 0.6) is 17.2 Å². The third-order valence-electron chi connectivity index (χ3n) is 3.61. The Morgan fingerprint density at radius 2 is 1.81 bits per heavy atom. The van der Waals surface area contributed by atoms with Gasteiger partial charge in [0.1, 0.15) is 5.75 Å². The van der Waals surface area contributed by atoms with E-state index in [1.165, 1.54) is 0 Å². The quantitative estimate of drug-likeness (QED) is 0.681. The van der Waals surface area contributed by atoms with Crippen molar-refractivity contribution in [3.63, 3.8) is 0 Å². The first-order valence-electron chi connectivity index (χ1n) is 8.54. The molecule has 26 heavy (non-hydrogen) atoms. The van der Waals surface area contributed by atoms with E-state index in [2.05, 4.69) is 10.6 Å². The van der Waals surface area contributed by atoms with Crippen molar-refractivity contribution in [1.29, 1.82) is 0 Å². The van der Waals surface area contributed by atoms with Gasteiger partial charge in [0.05, 0.1) is 20.3 Å². The minimum atomic E-state index is 0.136. The Kier molecular flexibility index (Phi) is 7.53. The zero-order valence-corrected chi connectivity index (χ0v) is 16.5. The molecule has 0 atom stereocenters. The van der Waals surface area contributed by atoms with Gasteiger partial charge in [-0.25, -0.2) is 0 Å². The Bertz CT molecular complexity index is 735. The number of ether oxygens (including phenoxy) is 3. The number of rotatable bonds is 8. The molecular formula is C20H26N2O3S.